The minimum absolute atomic E-state index is 0.0262. The van der Waals surface area contributed by atoms with Crippen molar-refractivity contribution in [2.45, 2.75) is 26.3 Å². The van der Waals surface area contributed by atoms with E-state index in [-0.39, 0.29) is 17.3 Å². The summed E-state index contributed by atoms with van der Waals surface area (Å²) >= 11 is 0. The number of hydrogen-bond donors (Lipinski definition) is 2. The molecule has 1 amide bonds. The molecular weight excluding hydrogens is 337 g/mol. The Morgan fingerprint density at radius 1 is 1.15 bits per heavy atom. The number of imidazole rings is 1. The molecule has 2 aromatic heterocycles. The monoisotopic (exact) mass is 355 g/mol. The van der Waals surface area contributed by atoms with Crippen LogP contribution in [-0.2, 0) is 5.54 Å². The lowest BCUT2D eigenvalue weighted by molar-refractivity contribution is 0.209. The third-order valence-electron chi connectivity index (χ3n) is 3.72. The zero-order valence-corrected chi connectivity index (χ0v) is 14.6. The van der Waals surface area contributed by atoms with Crippen molar-refractivity contribution in [2.75, 3.05) is 5.32 Å². The van der Waals surface area contributed by atoms with Gasteiger partial charge in [0.25, 0.3) is 0 Å². The highest BCUT2D eigenvalue weighted by Gasteiger charge is 2.23. The fourth-order valence-corrected chi connectivity index (χ4v) is 2.57. The molecule has 1 aromatic carbocycles. The van der Waals surface area contributed by atoms with Crippen molar-refractivity contribution in [1.82, 2.24) is 19.5 Å². The molecule has 134 valence electrons. The van der Waals surface area contributed by atoms with Gasteiger partial charge >= 0.3 is 6.09 Å². The molecule has 0 fully saturated rings. The summed E-state index contributed by atoms with van der Waals surface area (Å²) in [4.78, 5) is 23.6. The Labute approximate surface area is 149 Å². The van der Waals surface area contributed by atoms with Crippen LogP contribution in [0.2, 0.25) is 0 Å². The van der Waals surface area contributed by atoms with E-state index in [1.807, 2.05) is 25.3 Å². The van der Waals surface area contributed by atoms with Crippen molar-refractivity contribution in [3.05, 3.63) is 48.7 Å². The van der Waals surface area contributed by atoms with E-state index in [2.05, 4.69) is 20.3 Å². The van der Waals surface area contributed by atoms with Crippen molar-refractivity contribution >= 4 is 12.0 Å². The number of hydrogen-bond acceptors (Lipinski definition) is 4. The predicted molar refractivity (Wildman–Crippen MR) is 95.3 cm³/mol. The lowest BCUT2D eigenvalue weighted by atomic mass is 10.0. The van der Waals surface area contributed by atoms with Crippen molar-refractivity contribution < 1.29 is 14.3 Å². The summed E-state index contributed by atoms with van der Waals surface area (Å²) in [6, 6.07) is 7.70. The molecule has 3 aromatic rings. The number of nitrogens with zero attached hydrogens (tertiary/aromatic N) is 4. The van der Waals surface area contributed by atoms with E-state index in [0.29, 0.717) is 17.1 Å². The van der Waals surface area contributed by atoms with Crippen molar-refractivity contribution in [2.24, 2.45) is 0 Å². The summed E-state index contributed by atoms with van der Waals surface area (Å²) < 4.78 is 15.2. The number of nitrogens with one attached hydrogen (secondary N) is 1. The van der Waals surface area contributed by atoms with Gasteiger partial charge in [0.1, 0.15) is 5.82 Å². The van der Waals surface area contributed by atoms with Crippen molar-refractivity contribution in [3.63, 3.8) is 0 Å². The van der Waals surface area contributed by atoms with E-state index < -0.39 is 6.09 Å². The van der Waals surface area contributed by atoms with Crippen molar-refractivity contribution in [3.8, 4) is 22.6 Å². The van der Waals surface area contributed by atoms with Gasteiger partial charge in [0.05, 0.1) is 23.4 Å². The largest absolute Gasteiger partial charge is 0.465 e. The number of anilines is 1. The standard InChI is InChI=1S/C18H18FN5O2/c1-18(2,3)24-10-21-14(11-4-6-12(19)7-5-11)15(24)13-8-9-20-16(22-13)23-17(25)26/h4-10H,1-3H3,(H,25,26)(H,20,22,23). The first-order chi connectivity index (χ1) is 12.3. The molecule has 0 saturated carbocycles. The highest BCUT2D eigenvalue weighted by Crippen LogP contribution is 2.34. The quantitative estimate of drug-likeness (QED) is 0.741. The molecule has 8 heteroatoms. The normalized spacial score (nSPS) is 11.4. The van der Waals surface area contributed by atoms with Gasteiger partial charge in [-0.1, -0.05) is 0 Å². The maximum Gasteiger partial charge on any atom is 0.411 e. The Bertz CT molecular complexity index is 945. The second kappa shape index (κ2) is 6.55. The number of amides is 1. The summed E-state index contributed by atoms with van der Waals surface area (Å²) in [7, 11) is 0. The molecule has 26 heavy (non-hydrogen) atoms. The third kappa shape index (κ3) is 3.53. The van der Waals surface area contributed by atoms with Gasteiger partial charge in [-0.25, -0.2) is 24.1 Å². The molecule has 2 N–H and O–H groups in total. The molecule has 0 aliphatic rings. The van der Waals surface area contributed by atoms with Crippen LogP contribution >= 0.6 is 0 Å². The van der Waals surface area contributed by atoms with Crippen molar-refractivity contribution in [1.29, 1.82) is 0 Å². The molecule has 0 radical (unpaired) electrons. The molecular formula is C18H18FN5O2. The minimum atomic E-state index is -1.25. The third-order valence-corrected chi connectivity index (χ3v) is 3.72. The summed E-state index contributed by atoms with van der Waals surface area (Å²) in [6.45, 7) is 6.05. The lowest BCUT2D eigenvalue weighted by Crippen LogP contribution is -2.22. The van der Waals surface area contributed by atoms with Gasteiger partial charge < -0.3 is 9.67 Å². The lowest BCUT2D eigenvalue weighted by Gasteiger charge is -2.24. The van der Waals surface area contributed by atoms with E-state index in [0.717, 1.165) is 5.56 Å². The fraction of sp³-hybridized carbons (Fsp3) is 0.222. The van der Waals surface area contributed by atoms with E-state index >= 15 is 0 Å². The topological polar surface area (TPSA) is 92.9 Å². The highest BCUT2D eigenvalue weighted by molar-refractivity contribution is 5.81. The Morgan fingerprint density at radius 2 is 1.85 bits per heavy atom. The van der Waals surface area contributed by atoms with Gasteiger partial charge in [-0.15, -0.1) is 0 Å². The predicted octanol–water partition coefficient (Wildman–Crippen LogP) is 3.99. The summed E-state index contributed by atoms with van der Waals surface area (Å²) in [6.07, 6.45) is 1.92. The van der Waals surface area contributed by atoms with Crippen LogP contribution in [0.4, 0.5) is 15.1 Å². The molecule has 0 aliphatic carbocycles. The molecule has 0 unspecified atom stereocenters. The van der Waals surface area contributed by atoms with Crippen LogP contribution < -0.4 is 5.32 Å². The average Bonchev–Trinajstić information content (AvgIpc) is 3.00. The van der Waals surface area contributed by atoms with Gasteiger partial charge in [0, 0.05) is 17.3 Å². The molecule has 0 atom stereocenters. The van der Waals surface area contributed by atoms with Crippen LogP contribution in [0.3, 0.4) is 0 Å². The van der Waals surface area contributed by atoms with Gasteiger partial charge in [0.15, 0.2) is 0 Å². The van der Waals surface area contributed by atoms with Crippen LogP contribution in [0.5, 0.6) is 0 Å². The van der Waals surface area contributed by atoms with Crippen LogP contribution in [0.25, 0.3) is 22.6 Å². The summed E-state index contributed by atoms with van der Waals surface area (Å²) in [5.74, 6) is -0.359. The average molecular weight is 355 g/mol. The van der Waals surface area contributed by atoms with E-state index in [1.165, 1.54) is 18.3 Å². The van der Waals surface area contributed by atoms with E-state index in [9.17, 15) is 9.18 Å². The number of benzene rings is 1. The van der Waals surface area contributed by atoms with Gasteiger partial charge in [-0.3, -0.25) is 5.32 Å². The molecule has 0 aliphatic heterocycles. The zero-order chi connectivity index (χ0) is 18.9. The molecule has 0 saturated heterocycles. The zero-order valence-electron chi connectivity index (χ0n) is 14.6. The maximum absolute atomic E-state index is 13.3. The molecule has 2 heterocycles. The Kier molecular flexibility index (Phi) is 4.41. The SMILES string of the molecule is CC(C)(C)n1cnc(-c2ccc(F)cc2)c1-c1ccnc(NC(=O)O)n1. The second-order valence-electron chi connectivity index (χ2n) is 6.69. The number of aromatic nitrogens is 4. The highest BCUT2D eigenvalue weighted by atomic mass is 19.1. The van der Waals surface area contributed by atoms with Gasteiger partial charge in [0.2, 0.25) is 5.95 Å². The Hall–Kier alpha value is -3.29. The van der Waals surface area contributed by atoms with Crippen LogP contribution in [-0.4, -0.2) is 30.7 Å². The number of rotatable bonds is 3. The molecule has 3 rings (SSSR count). The molecule has 0 bridgehead atoms. The number of carboxylic acid groups (broad SMARTS) is 1. The van der Waals surface area contributed by atoms with E-state index in [4.69, 9.17) is 5.11 Å². The fourth-order valence-electron chi connectivity index (χ4n) is 2.57. The number of halogens is 1. The first kappa shape index (κ1) is 17.5. The van der Waals surface area contributed by atoms with E-state index in [1.54, 1.807) is 24.5 Å². The molecule has 7 nitrogen and oxygen atoms in total. The molecule has 0 spiro atoms. The smallest absolute Gasteiger partial charge is 0.411 e. The van der Waals surface area contributed by atoms with Crippen LogP contribution in [0.1, 0.15) is 20.8 Å². The first-order valence-corrected chi connectivity index (χ1v) is 7.93. The second-order valence-corrected chi connectivity index (χ2v) is 6.69. The number of carbonyl (C=O) groups is 1. The summed E-state index contributed by atoms with van der Waals surface area (Å²) in [5, 5.41) is 11.0. The maximum atomic E-state index is 13.3. The van der Waals surface area contributed by atoms with Crippen LogP contribution in [0, 0.1) is 5.82 Å². The van der Waals surface area contributed by atoms with Crippen LogP contribution in [0.15, 0.2) is 42.9 Å². The minimum Gasteiger partial charge on any atom is -0.465 e. The van der Waals surface area contributed by atoms with Gasteiger partial charge in [-0.2, -0.15) is 0 Å². The summed E-state index contributed by atoms with van der Waals surface area (Å²) in [5.41, 5.74) is 2.26. The first-order valence-electron chi connectivity index (χ1n) is 7.93. The Morgan fingerprint density at radius 3 is 2.46 bits per heavy atom. The Balaban J connectivity index is 2.19. The van der Waals surface area contributed by atoms with Gasteiger partial charge in [-0.05, 0) is 51.1 Å².